The largest absolute Gasteiger partial charge is 0.481 e. The highest BCUT2D eigenvalue weighted by Crippen LogP contribution is 2.40. The van der Waals surface area contributed by atoms with E-state index in [9.17, 15) is 9.59 Å². The molecule has 98 valence electrons. The Labute approximate surface area is 103 Å². The fourth-order valence-electron chi connectivity index (χ4n) is 1.80. The zero-order valence-electron chi connectivity index (χ0n) is 9.88. The number of tetrazole rings is 1. The van der Waals surface area contributed by atoms with Crippen molar-refractivity contribution in [3.8, 4) is 0 Å². The molecule has 0 atom stereocenters. The third kappa shape index (κ3) is 2.39. The van der Waals surface area contributed by atoms with Crippen LogP contribution in [0.3, 0.4) is 0 Å². The second-order valence-electron chi connectivity index (χ2n) is 4.35. The number of nitrogens with one attached hydrogen (secondary N) is 2. The van der Waals surface area contributed by atoms with E-state index in [0.717, 1.165) is 6.42 Å². The zero-order chi connectivity index (χ0) is 13.2. The number of carboxylic acids is 1. The minimum absolute atomic E-state index is 0.0768. The van der Waals surface area contributed by atoms with Crippen LogP contribution in [0.1, 0.15) is 19.3 Å². The molecule has 1 aromatic heterocycles. The molecule has 18 heavy (non-hydrogen) atoms. The lowest BCUT2D eigenvalue weighted by Crippen LogP contribution is -2.48. The van der Waals surface area contributed by atoms with Gasteiger partial charge in [0.05, 0.1) is 12.5 Å². The topological polar surface area (TPSA) is 122 Å². The van der Waals surface area contributed by atoms with Crippen LogP contribution in [0.2, 0.25) is 0 Å². The number of carbonyl (C=O) groups is 2. The number of aryl methyl sites for hydroxylation is 1. The average Bonchev–Trinajstić information content (AvgIpc) is 2.61. The van der Waals surface area contributed by atoms with Gasteiger partial charge in [-0.05, 0) is 18.1 Å². The van der Waals surface area contributed by atoms with Crippen molar-refractivity contribution in [1.82, 2.24) is 25.5 Å². The summed E-state index contributed by atoms with van der Waals surface area (Å²) in [5.41, 5.74) is -0.812. The molecule has 3 N–H and O–H groups in total. The van der Waals surface area contributed by atoms with Crippen molar-refractivity contribution in [2.24, 2.45) is 12.5 Å². The van der Waals surface area contributed by atoms with Crippen molar-refractivity contribution in [3.63, 3.8) is 0 Å². The summed E-state index contributed by atoms with van der Waals surface area (Å²) in [6.45, 7) is 0.106. The molecule has 0 saturated heterocycles. The Morgan fingerprint density at radius 2 is 2.22 bits per heavy atom. The minimum Gasteiger partial charge on any atom is -0.481 e. The molecular formula is C9H14N6O3. The Balaban J connectivity index is 1.83. The van der Waals surface area contributed by atoms with Crippen molar-refractivity contribution >= 4 is 17.9 Å². The van der Waals surface area contributed by atoms with Crippen molar-refractivity contribution in [1.29, 1.82) is 0 Å². The standard InChI is InChI=1S/C9H14N6O3/c1-15-13-7(12-14-15)11-8(18)10-5-9(6(16)17)3-2-4-9/h2-5H2,1H3,(H,16,17)(H2,10,11,13,18). The number of carbonyl (C=O) groups excluding carboxylic acids is 1. The van der Waals surface area contributed by atoms with Gasteiger partial charge in [0, 0.05) is 6.54 Å². The Kier molecular flexibility index (Phi) is 3.13. The smallest absolute Gasteiger partial charge is 0.321 e. The highest BCUT2D eigenvalue weighted by atomic mass is 16.4. The first kappa shape index (κ1) is 12.3. The predicted molar refractivity (Wildman–Crippen MR) is 59.7 cm³/mol. The summed E-state index contributed by atoms with van der Waals surface area (Å²) in [5.74, 6) is -0.792. The van der Waals surface area contributed by atoms with Crippen LogP contribution >= 0.6 is 0 Å². The summed E-state index contributed by atoms with van der Waals surface area (Å²) in [4.78, 5) is 23.8. The third-order valence-electron chi connectivity index (χ3n) is 3.09. The number of hydrogen-bond acceptors (Lipinski definition) is 5. The predicted octanol–water partition coefficient (Wildman–Crippen LogP) is -0.413. The SMILES string of the molecule is Cn1nnc(NC(=O)NCC2(C(=O)O)CCC2)n1. The van der Waals surface area contributed by atoms with Gasteiger partial charge in [0.25, 0.3) is 5.95 Å². The van der Waals surface area contributed by atoms with Crippen LogP contribution in [0.5, 0.6) is 0 Å². The fourth-order valence-corrected chi connectivity index (χ4v) is 1.80. The number of rotatable bonds is 4. The highest BCUT2D eigenvalue weighted by molar-refractivity contribution is 5.87. The summed E-state index contributed by atoms with van der Waals surface area (Å²) >= 11 is 0. The summed E-state index contributed by atoms with van der Waals surface area (Å²) in [6, 6.07) is -0.532. The van der Waals surface area contributed by atoms with Crippen molar-refractivity contribution in [3.05, 3.63) is 0 Å². The van der Waals surface area contributed by atoms with E-state index in [1.54, 1.807) is 7.05 Å². The van der Waals surface area contributed by atoms with Gasteiger partial charge in [0.2, 0.25) is 0 Å². The van der Waals surface area contributed by atoms with Gasteiger partial charge in [-0.2, -0.15) is 4.80 Å². The molecule has 0 aromatic carbocycles. The number of aromatic nitrogens is 4. The maximum absolute atomic E-state index is 11.5. The van der Waals surface area contributed by atoms with Gasteiger partial charge >= 0.3 is 12.0 Å². The van der Waals surface area contributed by atoms with Crippen LogP contribution in [0.15, 0.2) is 0 Å². The number of anilines is 1. The van der Waals surface area contributed by atoms with E-state index in [0.29, 0.717) is 12.8 Å². The van der Waals surface area contributed by atoms with Gasteiger partial charge in [0.1, 0.15) is 0 Å². The molecule has 2 amide bonds. The lowest BCUT2D eigenvalue weighted by atomic mass is 9.69. The molecule has 2 rings (SSSR count). The van der Waals surface area contributed by atoms with E-state index in [1.807, 2.05) is 0 Å². The molecule has 1 heterocycles. The first-order chi connectivity index (χ1) is 8.52. The summed E-state index contributed by atoms with van der Waals surface area (Å²) < 4.78 is 0. The van der Waals surface area contributed by atoms with E-state index in [1.165, 1.54) is 4.80 Å². The molecule has 1 saturated carbocycles. The molecular weight excluding hydrogens is 240 g/mol. The van der Waals surface area contributed by atoms with Crippen molar-refractivity contribution in [2.45, 2.75) is 19.3 Å². The maximum Gasteiger partial charge on any atom is 0.321 e. The number of amides is 2. The van der Waals surface area contributed by atoms with E-state index in [-0.39, 0.29) is 12.5 Å². The molecule has 0 aliphatic heterocycles. The minimum atomic E-state index is -0.869. The first-order valence-electron chi connectivity index (χ1n) is 5.54. The zero-order valence-corrected chi connectivity index (χ0v) is 9.88. The first-order valence-corrected chi connectivity index (χ1v) is 5.54. The second-order valence-corrected chi connectivity index (χ2v) is 4.35. The van der Waals surface area contributed by atoms with Gasteiger partial charge in [-0.15, -0.1) is 5.10 Å². The van der Waals surface area contributed by atoms with Gasteiger partial charge < -0.3 is 10.4 Å². The Morgan fingerprint density at radius 3 is 2.67 bits per heavy atom. The second kappa shape index (κ2) is 4.59. The lowest BCUT2D eigenvalue weighted by Gasteiger charge is -2.37. The normalized spacial score (nSPS) is 16.7. The number of urea groups is 1. The molecule has 0 bridgehead atoms. The van der Waals surface area contributed by atoms with Crippen LogP contribution in [-0.2, 0) is 11.8 Å². The molecule has 1 fully saturated rings. The Bertz CT molecular complexity index is 467. The molecule has 0 spiro atoms. The summed E-state index contributed by atoms with van der Waals surface area (Å²) in [5, 5.41) is 24.9. The van der Waals surface area contributed by atoms with Crippen LogP contribution in [0.25, 0.3) is 0 Å². The van der Waals surface area contributed by atoms with E-state index in [2.05, 4.69) is 26.0 Å². The Morgan fingerprint density at radius 1 is 1.50 bits per heavy atom. The summed E-state index contributed by atoms with van der Waals surface area (Å²) in [6.07, 6.45) is 2.05. The molecule has 9 nitrogen and oxygen atoms in total. The highest BCUT2D eigenvalue weighted by Gasteiger charge is 2.44. The number of nitrogens with zero attached hydrogens (tertiary/aromatic N) is 4. The molecule has 0 unspecified atom stereocenters. The number of aliphatic carboxylic acids is 1. The average molecular weight is 254 g/mol. The molecule has 1 aromatic rings. The van der Waals surface area contributed by atoms with Gasteiger partial charge in [-0.1, -0.05) is 11.5 Å². The molecule has 1 aliphatic rings. The van der Waals surface area contributed by atoms with Crippen LogP contribution < -0.4 is 10.6 Å². The third-order valence-corrected chi connectivity index (χ3v) is 3.09. The van der Waals surface area contributed by atoms with Gasteiger partial charge in [-0.25, -0.2) is 4.79 Å². The Hall–Kier alpha value is -2.19. The maximum atomic E-state index is 11.5. The van der Waals surface area contributed by atoms with Crippen LogP contribution in [0, 0.1) is 5.41 Å². The van der Waals surface area contributed by atoms with E-state index < -0.39 is 17.4 Å². The van der Waals surface area contributed by atoms with Gasteiger partial charge in [-0.3, -0.25) is 10.1 Å². The quantitative estimate of drug-likeness (QED) is 0.671. The molecule has 9 heteroatoms. The monoisotopic (exact) mass is 254 g/mol. The van der Waals surface area contributed by atoms with Crippen molar-refractivity contribution in [2.75, 3.05) is 11.9 Å². The summed E-state index contributed by atoms with van der Waals surface area (Å²) in [7, 11) is 1.57. The van der Waals surface area contributed by atoms with E-state index >= 15 is 0 Å². The van der Waals surface area contributed by atoms with E-state index in [4.69, 9.17) is 5.11 Å². The molecule has 0 radical (unpaired) electrons. The van der Waals surface area contributed by atoms with Gasteiger partial charge in [0.15, 0.2) is 0 Å². The fraction of sp³-hybridized carbons (Fsp3) is 0.667. The number of carboxylic acid groups (broad SMARTS) is 1. The van der Waals surface area contributed by atoms with Crippen LogP contribution in [-0.4, -0.2) is 43.9 Å². The molecule has 1 aliphatic carbocycles. The number of hydrogen-bond donors (Lipinski definition) is 3. The van der Waals surface area contributed by atoms with Crippen molar-refractivity contribution < 1.29 is 14.7 Å². The van der Waals surface area contributed by atoms with Crippen LogP contribution in [0.4, 0.5) is 10.7 Å². The lowest BCUT2D eigenvalue weighted by molar-refractivity contribution is -0.153.